The molecule has 0 spiro atoms. The SMILES string of the molecule is [B]C(Nc1cc(Cl)c2ncnc(NCC(C)(C)C)c2c1)(c1cn(C2CC2)nn1)c1ccccc1Cl. The maximum absolute atomic E-state index is 7.05. The minimum atomic E-state index is -1.25. The van der Waals surface area contributed by atoms with Gasteiger partial charge in [-0.05, 0) is 42.0 Å². The van der Waals surface area contributed by atoms with Gasteiger partial charge in [-0.15, -0.1) is 5.10 Å². The van der Waals surface area contributed by atoms with Gasteiger partial charge in [0.1, 0.15) is 25.7 Å². The second-order valence-corrected chi connectivity index (χ2v) is 11.0. The Morgan fingerprint density at radius 1 is 1.09 bits per heavy atom. The van der Waals surface area contributed by atoms with Crippen molar-refractivity contribution >= 4 is 53.5 Å². The Bertz CT molecular complexity index is 1380. The molecule has 0 bridgehead atoms. The highest BCUT2D eigenvalue weighted by Gasteiger charge is 2.35. The third-order valence-corrected chi connectivity index (χ3v) is 6.57. The van der Waals surface area contributed by atoms with Gasteiger partial charge in [-0.25, -0.2) is 14.6 Å². The molecule has 2 aromatic heterocycles. The van der Waals surface area contributed by atoms with Crippen molar-refractivity contribution in [2.75, 3.05) is 17.2 Å². The highest BCUT2D eigenvalue weighted by atomic mass is 35.5. The van der Waals surface area contributed by atoms with E-state index in [0.29, 0.717) is 44.4 Å². The summed E-state index contributed by atoms with van der Waals surface area (Å²) in [6, 6.07) is 11.6. The highest BCUT2D eigenvalue weighted by Crippen LogP contribution is 2.39. The predicted octanol–water partition coefficient (Wildman–Crippen LogP) is 5.80. The number of anilines is 2. The normalized spacial score (nSPS) is 15.7. The molecule has 5 rings (SSSR count). The third-order valence-electron chi connectivity index (χ3n) is 5.95. The van der Waals surface area contributed by atoms with Crippen molar-refractivity contribution in [3.05, 3.63) is 70.2 Å². The lowest BCUT2D eigenvalue weighted by Crippen LogP contribution is -2.38. The number of hydrogen-bond acceptors (Lipinski definition) is 6. The molecule has 1 aliphatic rings. The van der Waals surface area contributed by atoms with Gasteiger partial charge >= 0.3 is 0 Å². The fourth-order valence-corrected chi connectivity index (χ4v) is 4.49. The van der Waals surface area contributed by atoms with Crippen molar-refractivity contribution in [2.45, 2.75) is 45.1 Å². The van der Waals surface area contributed by atoms with Gasteiger partial charge in [0.05, 0.1) is 28.2 Å². The first-order valence-electron chi connectivity index (χ1n) is 11.6. The average Bonchev–Trinajstić information content (AvgIpc) is 3.53. The average molecular weight is 506 g/mol. The molecule has 2 heterocycles. The lowest BCUT2D eigenvalue weighted by atomic mass is 9.69. The molecule has 178 valence electrons. The molecule has 1 aliphatic carbocycles. The van der Waals surface area contributed by atoms with E-state index in [2.05, 4.69) is 51.7 Å². The molecular weight excluding hydrogens is 480 g/mol. The summed E-state index contributed by atoms with van der Waals surface area (Å²) in [5.74, 6) is 0.704. The largest absolute Gasteiger partial charge is 0.378 e. The van der Waals surface area contributed by atoms with Gasteiger partial charge < -0.3 is 10.6 Å². The van der Waals surface area contributed by atoms with Gasteiger partial charge in [0.25, 0.3) is 0 Å². The van der Waals surface area contributed by atoms with E-state index in [1.807, 2.05) is 35.1 Å². The van der Waals surface area contributed by atoms with Gasteiger partial charge in [-0.3, -0.25) is 0 Å². The van der Waals surface area contributed by atoms with E-state index in [-0.39, 0.29) is 5.41 Å². The van der Waals surface area contributed by atoms with E-state index in [0.717, 1.165) is 24.8 Å². The molecule has 10 heteroatoms. The number of fused-ring (bicyclic) bond motifs is 1. The third kappa shape index (κ3) is 4.95. The summed E-state index contributed by atoms with van der Waals surface area (Å²) < 4.78 is 1.87. The number of nitrogens with one attached hydrogen (secondary N) is 2. The van der Waals surface area contributed by atoms with Gasteiger partial charge in [0.2, 0.25) is 0 Å². The number of hydrogen-bond donors (Lipinski definition) is 2. The Balaban J connectivity index is 1.59. The van der Waals surface area contributed by atoms with Crippen molar-refractivity contribution in [1.29, 1.82) is 0 Å². The van der Waals surface area contributed by atoms with Crippen LogP contribution in [-0.2, 0) is 5.44 Å². The zero-order chi connectivity index (χ0) is 24.8. The van der Waals surface area contributed by atoms with E-state index < -0.39 is 5.44 Å². The minimum Gasteiger partial charge on any atom is -0.378 e. The van der Waals surface area contributed by atoms with Gasteiger partial charge in [0.15, 0.2) is 0 Å². The maximum atomic E-state index is 7.05. The molecule has 7 nitrogen and oxygen atoms in total. The molecule has 1 unspecified atom stereocenters. The smallest absolute Gasteiger partial charge is 0.137 e. The molecular formula is C25H26BCl2N7. The molecule has 1 saturated carbocycles. The summed E-state index contributed by atoms with van der Waals surface area (Å²) in [6.07, 6.45) is 5.57. The van der Waals surface area contributed by atoms with Crippen molar-refractivity contribution in [2.24, 2.45) is 5.41 Å². The number of aromatic nitrogens is 5. The second kappa shape index (κ2) is 8.99. The summed E-state index contributed by atoms with van der Waals surface area (Å²) in [5.41, 5.74) is 1.39. The van der Waals surface area contributed by atoms with E-state index in [4.69, 9.17) is 31.0 Å². The lowest BCUT2D eigenvalue weighted by Gasteiger charge is -2.32. The van der Waals surface area contributed by atoms with Crippen LogP contribution in [0.2, 0.25) is 10.0 Å². The number of halogens is 2. The zero-order valence-electron chi connectivity index (χ0n) is 19.9. The lowest BCUT2D eigenvalue weighted by molar-refractivity contribution is 0.442. The van der Waals surface area contributed by atoms with Crippen molar-refractivity contribution in [3.8, 4) is 0 Å². The van der Waals surface area contributed by atoms with E-state index >= 15 is 0 Å². The first-order chi connectivity index (χ1) is 16.6. The van der Waals surface area contributed by atoms with Crippen molar-refractivity contribution < 1.29 is 0 Å². The number of nitrogens with zero attached hydrogens (tertiary/aromatic N) is 5. The van der Waals surface area contributed by atoms with Crippen molar-refractivity contribution in [1.82, 2.24) is 25.0 Å². The Kier molecular flexibility index (Phi) is 6.13. The zero-order valence-corrected chi connectivity index (χ0v) is 21.4. The predicted molar refractivity (Wildman–Crippen MR) is 142 cm³/mol. The van der Waals surface area contributed by atoms with E-state index in [1.54, 1.807) is 12.1 Å². The standard InChI is InChI=1S/C25H26BCl2N7/c1-24(2,3)13-29-23-17-10-15(11-20(28)22(17)30-14-31-23)32-25(26,18-6-4-5-7-19(18)27)21-12-35(34-33-21)16-8-9-16/h4-7,10-12,14,16,32H,8-9,13H2,1-3H3,(H,29,30,31). The first-order valence-corrected chi connectivity index (χ1v) is 12.3. The second-order valence-electron chi connectivity index (χ2n) is 10.2. The van der Waals surface area contributed by atoms with Crippen LogP contribution in [-0.4, -0.2) is 39.4 Å². The van der Waals surface area contributed by atoms with Crippen LogP contribution in [0.5, 0.6) is 0 Å². The molecule has 35 heavy (non-hydrogen) atoms. The number of rotatable bonds is 7. The summed E-state index contributed by atoms with van der Waals surface area (Å²) in [4.78, 5) is 8.86. The molecule has 0 saturated heterocycles. The minimum absolute atomic E-state index is 0.0702. The van der Waals surface area contributed by atoms with Crippen LogP contribution >= 0.6 is 23.2 Å². The first kappa shape index (κ1) is 23.9. The van der Waals surface area contributed by atoms with Gasteiger partial charge in [0, 0.05) is 22.6 Å². The topological polar surface area (TPSA) is 80.5 Å². The molecule has 1 atom stereocenters. The molecule has 1 fully saturated rings. The van der Waals surface area contributed by atoms with E-state index in [9.17, 15) is 0 Å². The summed E-state index contributed by atoms with van der Waals surface area (Å²) in [7, 11) is 7.05. The van der Waals surface area contributed by atoms with Crippen molar-refractivity contribution in [3.63, 3.8) is 0 Å². The molecule has 2 radical (unpaired) electrons. The Hall–Kier alpha value is -2.84. The van der Waals surface area contributed by atoms with Gasteiger partial charge in [-0.1, -0.05) is 67.4 Å². The Morgan fingerprint density at radius 3 is 2.57 bits per heavy atom. The Morgan fingerprint density at radius 2 is 1.86 bits per heavy atom. The quantitative estimate of drug-likeness (QED) is 0.309. The summed E-state index contributed by atoms with van der Waals surface area (Å²) >= 11 is 13.3. The van der Waals surface area contributed by atoms with Crippen LogP contribution in [0.3, 0.4) is 0 Å². The summed E-state index contributed by atoms with van der Waals surface area (Å²) in [6.45, 7) is 7.21. The molecule has 0 amide bonds. The Labute approximate surface area is 216 Å². The van der Waals surface area contributed by atoms with Gasteiger partial charge in [-0.2, -0.15) is 0 Å². The fourth-order valence-electron chi connectivity index (χ4n) is 3.94. The molecule has 0 aliphatic heterocycles. The monoisotopic (exact) mass is 505 g/mol. The summed E-state index contributed by atoms with van der Waals surface area (Å²) in [5, 5.41) is 17.4. The fraction of sp³-hybridized carbons (Fsp3) is 0.360. The molecule has 2 N–H and O–H groups in total. The van der Waals surface area contributed by atoms with Crippen LogP contribution in [0.25, 0.3) is 10.9 Å². The highest BCUT2D eigenvalue weighted by molar-refractivity contribution is 6.36. The molecule has 4 aromatic rings. The maximum Gasteiger partial charge on any atom is 0.137 e. The number of benzene rings is 2. The van der Waals surface area contributed by atoms with Crippen LogP contribution < -0.4 is 10.6 Å². The van der Waals surface area contributed by atoms with E-state index in [1.165, 1.54) is 6.33 Å². The molecule has 2 aromatic carbocycles. The van der Waals surface area contributed by atoms with Crippen LogP contribution in [0.4, 0.5) is 11.5 Å². The van der Waals surface area contributed by atoms with Crippen LogP contribution in [0, 0.1) is 5.41 Å². The van der Waals surface area contributed by atoms with Crippen LogP contribution in [0.1, 0.15) is 50.9 Å². The van der Waals surface area contributed by atoms with Crippen LogP contribution in [0.15, 0.2) is 48.9 Å².